The predicted molar refractivity (Wildman–Crippen MR) is 55.0 cm³/mol. The Kier molecular flexibility index (Phi) is 1.45. The van der Waals surface area contributed by atoms with Gasteiger partial charge in [0.05, 0.1) is 5.69 Å². The molecule has 0 aliphatic heterocycles. The normalized spacial score (nSPS) is 12.4. The highest BCUT2D eigenvalue weighted by Crippen LogP contribution is 2.35. The van der Waals surface area contributed by atoms with Gasteiger partial charge in [0.25, 0.3) is 0 Å². The van der Waals surface area contributed by atoms with E-state index >= 15 is 0 Å². The molecule has 0 N–H and O–H groups in total. The minimum Gasteiger partial charge on any atom is -0.264 e. The van der Waals surface area contributed by atoms with Gasteiger partial charge in [0, 0.05) is 30.6 Å². The van der Waals surface area contributed by atoms with Crippen LogP contribution < -0.4 is 0 Å². The molecule has 1 aliphatic carbocycles. The second kappa shape index (κ2) is 2.64. The van der Waals surface area contributed by atoms with Crippen molar-refractivity contribution >= 4 is 0 Å². The monoisotopic (exact) mass is 182 g/mol. The number of hydrogen-bond acceptors (Lipinski definition) is 2. The maximum Gasteiger partial charge on any atom is 0.0743 e. The van der Waals surface area contributed by atoms with Gasteiger partial charge in [-0.05, 0) is 29.7 Å². The first-order valence-electron chi connectivity index (χ1n) is 4.74. The van der Waals surface area contributed by atoms with Crippen molar-refractivity contribution < 1.29 is 0 Å². The van der Waals surface area contributed by atoms with Crippen LogP contribution in [0.25, 0.3) is 11.3 Å². The fraction of sp³-hybridized carbons (Fsp3) is 0.167. The summed E-state index contributed by atoms with van der Waals surface area (Å²) in [6, 6.07) is 4.13. The Morgan fingerprint density at radius 1 is 1.21 bits per heavy atom. The minimum absolute atomic E-state index is 0.979. The Balaban J connectivity index is 2.35. The summed E-state index contributed by atoms with van der Waals surface area (Å²) >= 11 is 0. The molecule has 0 fully saturated rings. The molecule has 0 unspecified atom stereocenters. The number of fused-ring (bicyclic) bond motifs is 3. The molecule has 2 aromatic heterocycles. The first-order valence-corrected chi connectivity index (χ1v) is 4.74. The highest BCUT2D eigenvalue weighted by atomic mass is 14.7. The zero-order chi connectivity index (χ0) is 9.54. The molecular formula is C12H10N2. The minimum atomic E-state index is 0.979. The van der Waals surface area contributed by atoms with E-state index in [4.69, 9.17) is 0 Å². The largest absolute Gasteiger partial charge is 0.264 e. The lowest BCUT2D eigenvalue weighted by atomic mass is 10.1. The summed E-state index contributed by atoms with van der Waals surface area (Å²) in [4.78, 5) is 8.64. The SMILES string of the molecule is Cc1cncc2c1-c1ncccc1C2. The van der Waals surface area contributed by atoms with E-state index in [1.165, 1.54) is 22.3 Å². The van der Waals surface area contributed by atoms with Crippen LogP contribution in [0, 0.1) is 6.92 Å². The third kappa shape index (κ3) is 0.909. The molecule has 2 aromatic rings. The van der Waals surface area contributed by atoms with Gasteiger partial charge in [0.2, 0.25) is 0 Å². The fourth-order valence-corrected chi connectivity index (χ4v) is 2.11. The van der Waals surface area contributed by atoms with E-state index in [-0.39, 0.29) is 0 Å². The quantitative estimate of drug-likeness (QED) is 0.533. The van der Waals surface area contributed by atoms with Crippen molar-refractivity contribution in [2.75, 3.05) is 0 Å². The molecule has 0 saturated heterocycles. The summed E-state index contributed by atoms with van der Waals surface area (Å²) in [7, 11) is 0. The number of pyridine rings is 2. The van der Waals surface area contributed by atoms with Crippen molar-refractivity contribution in [1.29, 1.82) is 0 Å². The topological polar surface area (TPSA) is 25.8 Å². The third-order valence-electron chi connectivity index (χ3n) is 2.72. The molecule has 14 heavy (non-hydrogen) atoms. The van der Waals surface area contributed by atoms with Crippen LogP contribution in [0.4, 0.5) is 0 Å². The molecule has 0 amide bonds. The van der Waals surface area contributed by atoms with Crippen LogP contribution in [-0.2, 0) is 6.42 Å². The van der Waals surface area contributed by atoms with E-state index in [1.807, 2.05) is 24.7 Å². The predicted octanol–water partition coefficient (Wildman–Crippen LogP) is 2.36. The third-order valence-corrected chi connectivity index (χ3v) is 2.72. The zero-order valence-electron chi connectivity index (χ0n) is 7.99. The molecular weight excluding hydrogens is 172 g/mol. The van der Waals surface area contributed by atoms with Crippen molar-refractivity contribution in [3.8, 4) is 11.3 Å². The van der Waals surface area contributed by atoms with E-state index < -0.39 is 0 Å². The van der Waals surface area contributed by atoms with Crippen LogP contribution in [0.5, 0.6) is 0 Å². The lowest BCUT2D eigenvalue weighted by Crippen LogP contribution is -1.87. The summed E-state index contributed by atoms with van der Waals surface area (Å²) in [5, 5.41) is 0. The maximum absolute atomic E-state index is 4.43. The van der Waals surface area contributed by atoms with E-state index in [0.29, 0.717) is 0 Å². The van der Waals surface area contributed by atoms with Gasteiger partial charge in [-0.15, -0.1) is 0 Å². The van der Waals surface area contributed by atoms with E-state index in [9.17, 15) is 0 Å². The molecule has 3 rings (SSSR count). The Bertz CT molecular complexity index is 503. The first kappa shape index (κ1) is 7.68. The van der Waals surface area contributed by atoms with Gasteiger partial charge in [-0.2, -0.15) is 0 Å². The summed E-state index contributed by atoms with van der Waals surface area (Å²) < 4.78 is 0. The van der Waals surface area contributed by atoms with Gasteiger partial charge in [0.1, 0.15) is 0 Å². The van der Waals surface area contributed by atoms with Crippen molar-refractivity contribution in [2.24, 2.45) is 0 Å². The van der Waals surface area contributed by atoms with Gasteiger partial charge in [-0.1, -0.05) is 6.07 Å². The molecule has 0 atom stereocenters. The number of aryl methyl sites for hydroxylation is 1. The van der Waals surface area contributed by atoms with Crippen LogP contribution >= 0.6 is 0 Å². The Morgan fingerprint density at radius 3 is 3.07 bits per heavy atom. The summed E-state index contributed by atoms with van der Waals surface area (Å²) in [5.41, 5.74) is 6.27. The van der Waals surface area contributed by atoms with Gasteiger partial charge in [-0.3, -0.25) is 9.97 Å². The molecule has 2 nitrogen and oxygen atoms in total. The van der Waals surface area contributed by atoms with Crippen molar-refractivity contribution in [3.63, 3.8) is 0 Å². The average molecular weight is 182 g/mol. The van der Waals surface area contributed by atoms with Crippen molar-refractivity contribution in [1.82, 2.24) is 9.97 Å². The molecule has 68 valence electrons. The van der Waals surface area contributed by atoms with Crippen molar-refractivity contribution in [2.45, 2.75) is 13.3 Å². The van der Waals surface area contributed by atoms with Crippen molar-refractivity contribution in [3.05, 3.63) is 47.4 Å². The first-order chi connectivity index (χ1) is 6.86. The Labute approximate surface area is 82.7 Å². The second-order valence-corrected chi connectivity index (χ2v) is 3.68. The molecule has 0 aromatic carbocycles. The highest BCUT2D eigenvalue weighted by molar-refractivity contribution is 5.75. The van der Waals surface area contributed by atoms with Crippen LogP contribution in [0.3, 0.4) is 0 Å². The molecule has 0 spiro atoms. The maximum atomic E-state index is 4.43. The van der Waals surface area contributed by atoms with Gasteiger partial charge < -0.3 is 0 Å². The Hall–Kier alpha value is -1.70. The second-order valence-electron chi connectivity index (χ2n) is 3.68. The summed E-state index contributed by atoms with van der Waals surface area (Å²) in [6.07, 6.45) is 6.69. The average Bonchev–Trinajstić information content (AvgIpc) is 2.57. The standard InChI is InChI=1S/C12H10N2/c1-8-6-13-7-10-5-9-3-2-4-14-12(9)11(8)10/h2-4,6-7H,5H2,1H3. The van der Waals surface area contributed by atoms with Gasteiger partial charge >= 0.3 is 0 Å². The van der Waals surface area contributed by atoms with Crippen LogP contribution in [-0.4, -0.2) is 9.97 Å². The molecule has 2 heteroatoms. The number of nitrogens with zero attached hydrogens (tertiary/aromatic N) is 2. The molecule has 1 aliphatic rings. The smallest absolute Gasteiger partial charge is 0.0743 e. The fourth-order valence-electron chi connectivity index (χ4n) is 2.11. The summed E-state index contributed by atoms with van der Waals surface area (Å²) in [5.74, 6) is 0. The summed E-state index contributed by atoms with van der Waals surface area (Å²) in [6.45, 7) is 2.09. The lowest BCUT2D eigenvalue weighted by molar-refractivity contribution is 1.18. The Morgan fingerprint density at radius 2 is 2.14 bits per heavy atom. The van der Waals surface area contributed by atoms with Gasteiger partial charge in [0.15, 0.2) is 0 Å². The van der Waals surface area contributed by atoms with E-state index in [0.717, 1.165) is 12.1 Å². The highest BCUT2D eigenvalue weighted by Gasteiger charge is 2.20. The molecule has 0 bridgehead atoms. The number of aromatic nitrogens is 2. The van der Waals surface area contributed by atoms with Crippen LogP contribution in [0.2, 0.25) is 0 Å². The molecule has 2 heterocycles. The molecule has 0 radical (unpaired) electrons. The zero-order valence-corrected chi connectivity index (χ0v) is 7.99. The van der Waals surface area contributed by atoms with Crippen LogP contribution in [0.1, 0.15) is 16.7 Å². The van der Waals surface area contributed by atoms with Gasteiger partial charge in [-0.25, -0.2) is 0 Å². The molecule has 0 saturated carbocycles. The number of hydrogen-bond donors (Lipinski definition) is 0. The van der Waals surface area contributed by atoms with E-state index in [1.54, 1.807) is 0 Å². The lowest BCUT2D eigenvalue weighted by Gasteiger charge is -2.02. The van der Waals surface area contributed by atoms with Crippen LogP contribution in [0.15, 0.2) is 30.7 Å². The van der Waals surface area contributed by atoms with E-state index in [2.05, 4.69) is 23.0 Å². The number of rotatable bonds is 0.